The average molecular weight is 500 g/mol. The maximum absolute atomic E-state index is 14.0. The molecule has 3 aliphatic rings. The quantitative estimate of drug-likeness (QED) is 0.383. The fourth-order valence-electron chi connectivity index (χ4n) is 6.45. The third-order valence-electron chi connectivity index (χ3n) is 8.52. The van der Waals surface area contributed by atoms with E-state index in [-0.39, 0.29) is 36.4 Å². The molecule has 2 unspecified atom stereocenters. The van der Waals surface area contributed by atoms with Gasteiger partial charge in [0.15, 0.2) is 0 Å². The van der Waals surface area contributed by atoms with Crippen LogP contribution in [0.2, 0.25) is 0 Å². The molecule has 1 aromatic carbocycles. The van der Waals surface area contributed by atoms with Crippen LogP contribution in [-0.2, 0) is 25.7 Å². The lowest BCUT2D eigenvalue weighted by Crippen LogP contribution is -2.59. The molecule has 3 saturated heterocycles. The fraction of sp³-hybridized carbons (Fsp3) is 0.679. The Morgan fingerprint density at radius 2 is 1.92 bits per heavy atom. The molecular weight excluding hydrogens is 458 g/mol. The van der Waals surface area contributed by atoms with Crippen molar-refractivity contribution in [3.05, 3.63) is 35.9 Å². The van der Waals surface area contributed by atoms with Crippen molar-refractivity contribution in [3.63, 3.8) is 0 Å². The molecule has 0 saturated carbocycles. The maximum Gasteiger partial charge on any atom is 0.245 e. The van der Waals surface area contributed by atoms with Crippen molar-refractivity contribution in [2.24, 2.45) is 17.8 Å². The molecule has 1 spiro atoms. The Morgan fingerprint density at radius 3 is 2.58 bits per heavy atom. The second kappa shape index (κ2) is 11.3. The number of hydrogen-bond donors (Lipinski definition) is 3. The number of fused-ring (bicyclic) bond motifs is 1. The number of amides is 3. The van der Waals surface area contributed by atoms with E-state index in [1.165, 1.54) is 0 Å². The van der Waals surface area contributed by atoms with Crippen LogP contribution in [0, 0.1) is 17.8 Å². The van der Waals surface area contributed by atoms with Gasteiger partial charge < -0.3 is 25.4 Å². The third-order valence-corrected chi connectivity index (χ3v) is 8.52. The van der Waals surface area contributed by atoms with Crippen molar-refractivity contribution in [3.8, 4) is 0 Å². The first-order valence-electron chi connectivity index (χ1n) is 13.6. The van der Waals surface area contributed by atoms with Gasteiger partial charge in [0.1, 0.15) is 11.6 Å². The Morgan fingerprint density at radius 1 is 1.17 bits per heavy atom. The van der Waals surface area contributed by atoms with E-state index in [1.807, 2.05) is 44.2 Å². The van der Waals surface area contributed by atoms with Crippen LogP contribution in [0.25, 0.3) is 0 Å². The summed E-state index contributed by atoms with van der Waals surface area (Å²) in [6.07, 6.45) is 4.47. The summed E-state index contributed by atoms with van der Waals surface area (Å²) in [6, 6.07) is 8.29. The van der Waals surface area contributed by atoms with E-state index in [2.05, 4.69) is 17.6 Å². The monoisotopic (exact) mass is 499 g/mol. The maximum atomic E-state index is 14.0. The molecule has 198 valence electrons. The molecule has 0 aliphatic carbocycles. The molecule has 4 rings (SSSR count). The molecule has 3 aliphatic heterocycles. The number of nitrogens with one attached hydrogen (secondary N) is 2. The molecule has 3 N–H and O–H groups in total. The van der Waals surface area contributed by atoms with E-state index in [1.54, 1.807) is 4.90 Å². The fourth-order valence-corrected chi connectivity index (χ4v) is 6.45. The highest BCUT2D eigenvalue weighted by molar-refractivity contribution is 5.99. The van der Waals surface area contributed by atoms with Gasteiger partial charge in [0.05, 0.1) is 30.6 Å². The Kier molecular flexibility index (Phi) is 8.35. The summed E-state index contributed by atoms with van der Waals surface area (Å²) in [5.41, 5.74) is -0.0582. The normalized spacial score (nSPS) is 30.2. The van der Waals surface area contributed by atoms with Gasteiger partial charge in [0.2, 0.25) is 17.7 Å². The minimum absolute atomic E-state index is 0.00729. The SMILES string of the molecule is CCCCCNC(=O)C1N([C@@H](CO)[C@@H](C)CC)C(=O)[C@@H]2[C@H](C(=O)NCc3ccccc3)[C@@H]3CCC12O3. The van der Waals surface area contributed by atoms with Gasteiger partial charge in [-0.05, 0) is 30.7 Å². The van der Waals surface area contributed by atoms with Crippen LogP contribution in [0.15, 0.2) is 30.3 Å². The highest BCUT2D eigenvalue weighted by atomic mass is 16.5. The standard InChI is InChI=1S/C28H41N3O5/c1-4-6-10-15-29-26(34)24-28-14-13-21(36-28)22(25(33)30-16-19-11-8-7-9-12-19)23(28)27(35)31(24)20(17-32)18(3)5-2/h7-9,11-12,18,20-24,32H,4-6,10,13-17H2,1-3H3,(H,29,34)(H,30,33)/t18-,20-,21-,22+,23-,24?,28?/m0/s1. The molecule has 2 bridgehead atoms. The number of rotatable bonds is 12. The Hall–Kier alpha value is -2.45. The number of carbonyl (C=O) groups excluding carboxylic acids is 3. The first-order chi connectivity index (χ1) is 17.4. The molecule has 3 heterocycles. The molecule has 1 aromatic rings. The van der Waals surface area contributed by atoms with Crippen LogP contribution >= 0.6 is 0 Å². The lowest BCUT2D eigenvalue weighted by Gasteiger charge is -2.38. The van der Waals surface area contributed by atoms with Crippen molar-refractivity contribution in [2.45, 2.75) is 89.6 Å². The predicted molar refractivity (Wildman–Crippen MR) is 136 cm³/mol. The minimum Gasteiger partial charge on any atom is -0.394 e. The van der Waals surface area contributed by atoms with E-state index < -0.39 is 29.5 Å². The highest BCUT2D eigenvalue weighted by Crippen LogP contribution is 2.59. The van der Waals surface area contributed by atoms with Crippen molar-refractivity contribution in [1.29, 1.82) is 0 Å². The van der Waals surface area contributed by atoms with Gasteiger partial charge in [-0.3, -0.25) is 14.4 Å². The Bertz CT molecular complexity index is 940. The summed E-state index contributed by atoms with van der Waals surface area (Å²) in [5, 5.41) is 16.4. The molecule has 8 heteroatoms. The summed E-state index contributed by atoms with van der Waals surface area (Å²) >= 11 is 0. The third kappa shape index (κ3) is 4.65. The molecule has 7 atom stereocenters. The van der Waals surface area contributed by atoms with Crippen LogP contribution in [0.5, 0.6) is 0 Å². The van der Waals surface area contributed by atoms with Gasteiger partial charge in [-0.1, -0.05) is 70.4 Å². The largest absolute Gasteiger partial charge is 0.394 e. The number of aliphatic hydroxyl groups is 1. The van der Waals surface area contributed by atoms with Gasteiger partial charge in [-0.25, -0.2) is 0 Å². The van der Waals surface area contributed by atoms with Crippen LogP contribution in [0.4, 0.5) is 0 Å². The summed E-state index contributed by atoms with van der Waals surface area (Å²) in [5.74, 6) is -2.08. The predicted octanol–water partition coefficient (Wildman–Crippen LogP) is 2.39. The minimum atomic E-state index is -1.04. The summed E-state index contributed by atoms with van der Waals surface area (Å²) in [6.45, 7) is 6.76. The number of aliphatic hydroxyl groups excluding tert-OH is 1. The number of ether oxygens (including phenoxy) is 1. The summed E-state index contributed by atoms with van der Waals surface area (Å²) in [4.78, 5) is 42.7. The van der Waals surface area contributed by atoms with Crippen molar-refractivity contribution in [2.75, 3.05) is 13.2 Å². The van der Waals surface area contributed by atoms with Gasteiger partial charge in [-0.2, -0.15) is 0 Å². The van der Waals surface area contributed by atoms with Crippen LogP contribution in [-0.4, -0.2) is 64.7 Å². The number of unbranched alkanes of at least 4 members (excludes halogenated alkanes) is 2. The molecule has 0 aromatic heterocycles. The van der Waals surface area contributed by atoms with Crippen LogP contribution < -0.4 is 10.6 Å². The summed E-state index contributed by atoms with van der Waals surface area (Å²) < 4.78 is 6.47. The van der Waals surface area contributed by atoms with Gasteiger partial charge >= 0.3 is 0 Å². The highest BCUT2D eigenvalue weighted by Gasteiger charge is 2.75. The Balaban J connectivity index is 1.62. The lowest BCUT2D eigenvalue weighted by molar-refractivity contribution is -0.147. The van der Waals surface area contributed by atoms with Crippen molar-refractivity contribution < 1.29 is 24.2 Å². The smallest absolute Gasteiger partial charge is 0.245 e. The number of nitrogens with zero attached hydrogens (tertiary/aromatic N) is 1. The zero-order valence-electron chi connectivity index (χ0n) is 21.7. The van der Waals surface area contributed by atoms with Crippen molar-refractivity contribution >= 4 is 17.7 Å². The number of carbonyl (C=O) groups is 3. The first kappa shape index (κ1) is 26.6. The summed E-state index contributed by atoms with van der Waals surface area (Å²) in [7, 11) is 0. The zero-order valence-corrected chi connectivity index (χ0v) is 21.7. The molecule has 3 amide bonds. The molecule has 36 heavy (non-hydrogen) atoms. The lowest BCUT2D eigenvalue weighted by atomic mass is 9.70. The van der Waals surface area contributed by atoms with E-state index in [0.717, 1.165) is 31.2 Å². The Labute approximate surface area is 214 Å². The number of hydrogen-bond acceptors (Lipinski definition) is 5. The average Bonchev–Trinajstić information content (AvgIpc) is 3.54. The van der Waals surface area contributed by atoms with Crippen molar-refractivity contribution in [1.82, 2.24) is 15.5 Å². The second-order valence-electron chi connectivity index (χ2n) is 10.6. The van der Waals surface area contributed by atoms with Crippen LogP contribution in [0.1, 0.15) is 64.9 Å². The van der Waals surface area contributed by atoms with E-state index >= 15 is 0 Å². The molecule has 0 radical (unpaired) electrons. The zero-order chi connectivity index (χ0) is 25.9. The topological polar surface area (TPSA) is 108 Å². The van der Waals surface area contributed by atoms with E-state index in [4.69, 9.17) is 4.74 Å². The van der Waals surface area contributed by atoms with Gasteiger partial charge in [-0.15, -0.1) is 0 Å². The molecular formula is C28H41N3O5. The van der Waals surface area contributed by atoms with Gasteiger partial charge in [0.25, 0.3) is 0 Å². The first-order valence-corrected chi connectivity index (χ1v) is 13.6. The number of likely N-dealkylation sites (tertiary alicyclic amines) is 1. The number of benzene rings is 1. The van der Waals surface area contributed by atoms with Crippen LogP contribution in [0.3, 0.4) is 0 Å². The molecule has 8 nitrogen and oxygen atoms in total. The second-order valence-corrected chi connectivity index (χ2v) is 10.6. The van der Waals surface area contributed by atoms with E-state index in [9.17, 15) is 19.5 Å². The van der Waals surface area contributed by atoms with E-state index in [0.29, 0.717) is 25.9 Å². The van der Waals surface area contributed by atoms with Gasteiger partial charge in [0, 0.05) is 13.1 Å². The molecule has 3 fully saturated rings.